The van der Waals surface area contributed by atoms with Gasteiger partial charge in [-0.05, 0) is 60.5 Å². The SMILES string of the molecule is CC1=C(C(=O)Nc2ccccc2)C(c2ccc(Cl)cc2)n2c(s/c(=C\c3ccc4c(c3)OCO4)c2=O)=N1. The van der Waals surface area contributed by atoms with Gasteiger partial charge in [-0.25, -0.2) is 4.99 Å². The quantitative estimate of drug-likeness (QED) is 0.428. The van der Waals surface area contributed by atoms with Crippen molar-refractivity contribution in [1.82, 2.24) is 4.57 Å². The van der Waals surface area contributed by atoms with Crippen LogP contribution in [0, 0.1) is 0 Å². The van der Waals surface area contributed by atoms with Gasteiger partial charge in [-0.1, -0.05) is 59.3 Å². The fraction of sp³-hybridized carbons (Fsp3) is 0.107. The number of hydrogen-bond donors (Lipinski definition) is 1. The molecule has 0 bridgehead atoms. The summed E-state index contributed by atoms with van der Waals surface area (Å²) in [5, 5.41) is 3.51. The first-order valence-electron chi connectivity index (χ1n) is 11.5. The van der Waals surface area contributed by atoms with Crippen LogP contribution >= 0.6 is 22.9 Å². The minimum absolute atomic E-state index is 0.176. The monoisotopic (exact) mass is 529 g/mol. The maximum absolute atomic E-state index is 13.8. The van der Waals surface area contributed by atoms with E-state index in [1.807, 2.05) is 60.7 Å². The zero-order chi connectivity index (χ0) is 25.5. The lowest BCUT2D eigenvalue weighted by Gasteiger charge is -2.25. The van der Waals surface area contributed by atoms with Gasteiger partial charge in [0.2, 0.25) is 6.79 Å². The molecular weight excluding hydrogens is 510 g/mol. The van der Waals surface area contributed by atoms with Gasteiger partial charge in [-0.2, -0.15) is 0 Å². The number of halogens is 1. The second-order valence-electron chi connectivity index (χ2n) is 8.57. The number of fused-ring (bicyclic) bond motifs is 2. The highest BCUT2D eigenvalue weighted by molar-refractivity contribution is 7.07. The zero-order valence-electron chi connectivity index (χ0n) is 19.6. The van der Waals surface area contributed by atoms with Crippen molar-refractivity contribution >= 4 is 40.6 Å². The number of rotatable bonds is 4. The predicted molar refractivity (Wildman–Crippen MR) is 143 cm³/mol. The van der Waals surface area contributed by atoms with Crippen molar-refractivity contribution in [2.75, 3.05) is 12.1 Å². The summed E-state index contributed by atoms with van der Waals surface area (Å²) in [6, 6.07) is 21.2. The largest absolute Gasteiger partial charge is 0.454 e. The standard InChI is InChI=1S/C28H20ClN3O4S/c1-16-24(26(33)31-20-5-3-2-4-6-20)25(18-8-10-19(29)11-9-18)32-27(34)23(37-28(32)30-16)14-17-7-12-21-22(13-17)36-15-35-21/h2-14,25H,15H2,1H3,(H,31,33)/b23-14-. The van der Waals surface area contributed by atoms with Crippen LogP contribution in [-0.4, -0.2) is 17.3 Å². The highest BCUT2D eigenvalue weighted by Crippen LogP contribution is 2.33. The molecule has 0 fully saturated rings. The molecule has 0 aliphatic carbocycles. The summed E-state index contributed by atoms with van der Waals surface area (Å²) in [5.41, 5.74) is 2.92. The van der Waals surface area contributed by atoms with Gasteiger partial charge in [0.15, 0.2) is 16.3 Å². The molecule has 37 heavy (non-hydrogen) atoms. The van der Waals surface area contributed by atoms with Gasteiger partial charge in [-0.15, -0.1) is 0 Å². The average Bonchev–Trinajstić information content (AvgIpc) is 3.48. The normalized spacial score (nSPS) is 16.4. The van der Waals surface area contributed by atoms with Gasteiger partial charge < -0.3 is 14.8 Å². The molecule has 0 saturated carbocycles. The summed E-state index contributed by atoms with van der Waals surface area (Å²) >= 11 is 7.43. The lowest BCUT2D eigenvalue weighted by molar-refractivity contribution is -0.113. The summed E-state index contributed by atoms with van der Waals surface area (Å²) < 4.78 is 12.9. The third-order valence-electron chi connectivity index (χ3n) is 6.18. The van der Waals surface area contributed by atoms with Crippen LogP contribution in [0.5, 0.6) is 11.5 Å². The van der Waals surface area contributed by atoms with Gasteiger partial charge in [0.25, 0.3) is 11.5 Å². The van der Waals surface area contributed by atoms with E-state index in [1.165, 1.54) is 11.3 Å². The summed E-state index contributed by atoms with van der Waals surface area (Å²) in [5.74, 6) is 0.986. The fourth-order valence-electron chi connectivity index (χ4n) is 4.45. The Labute approximate surface area is 220 Å². The summed E-state index contributed by atoms with van der Waals surface area (Å²) in [4.78, 5) is 32.5. The van der Waals surface area contributed by atoms with Crippen LogP contribution in [-0.2, 0) is 4.79 Å². The number of anilines is 1. The molecule has 3 heterocycles. The van der Waals surface area contributed by atoms with E-state index < -0.39 is 6.04 Å². The molecule has 1 N–H and O–H groups in total. The zero-order valence-corrected chi connectivity index (χ0v) is 21.2. The van der Waals surface area contributed by atoms with Crippen LogP contribution in [0.2, 0.25) is 5.02 Å². The summed E-state index contributed by atoms with van der Waals surface area (Å²) in [6.45, 7) is 1.97. The van der Waals surface area contributed by atoms with E-state index >= 15 is 0 Å². The number of allylic oxidation sites excluding steroid dienone is 1. The van der Waals surface area contributed by atoms with Gasteiger partial charge in [0, 0.05) is 10.7 Å². The Kier molecular flexibility index (Phi) is 5.90. The first-order valence-corrected chi connectivity index (χ1v) is 12.7. The molecule has 1 aromatic heterocycles. The number of aromatic nitrogens is 1. The van der Waals surface area contributed by atoms with E-state index in [9.17, 15) is 9.59 Å². The molecule has 0 radical (unpaired) electrons. The third kappa shape index (κ3) is 4.34. The van der Waals surface area contributed by atoms with E-state index in [4.69, 9.17) is 21.1 Å². The van der Waals surface area contributed by atoms with E-state index in [0.29, 0.717) is 42.8 Å². The van der Waals surface area contributed by atoms with Crippen molar-refractivity contribution in [3.63, 3.8) is 0 Å². The minimum Gasteiger partial charge on any atom is -0.454 e. The maximum Gasteiger partial charge on any atom is 0.271 e. The third-order valence-corrected chi connectivity index (χ3v) is 7.41. The molecule has 7 nitrogen and oxygen atoms in total. The minimum atomic E-state index is -0.670. The van der Waals surface area contributed by atoms with Crippen LogP contribution in [0.15, 0.2) is 93.9 Å². The van der Waals surface area contributed by atoms with Gasteiger partial charge in [-0.3, -0.25) is 14.2 Å². The highest BCUT2D eigenvalue weighted by Gasteiger charge is 2.32. The molecule has 0 saturated heterocycles. The Morgan fingerprint density at radius 2 is 1.84 bits per heavy atom. The molecule has 184 valence electrons. The predicted octanol–water partition coefficient (Wildman–Crippen LogP) is 4.26. The lowest BCUT2D eigenvalue weighted by atomic mass is 9.95. The number of benzene rings is 3. The van der Waals surface area contributed by atoms with Crippen LogP contribution in [0.4, 0.5) is 5.69 Å². The number of nitrogens with zero attached hydrogens (tertiary/aromatic N) is 2. The topological polar surface area (TPSA) is 81.9 Å². The Hall–Kier alpha value is -4.14. The number of carbonyl (C=O) groups is 1. The smallest absolute Gasteiger partial charge is 0.271 e. The number of para-hydroxylation sites is 1. The first kappa shape index (κ1) is 23.3. The van der Waals surface area contributed by atoms with E-state index in [2.05, 4.69) is 10.3 Å². The van der Waals surface area contributed by atoms with Crippen LogP contribution in [0.3, 0.4) is 0 Å². The maximum atomic E-state index is 13.8. The summed E-state index contributed by atoms with van der Waals surface area (Å²) in [7, 11) is 0. The van der Waals surface area contributed by atoms with Crippen molar-refractivity contribution in [2.24, 2.45) is 4.99 Å². The first-order chi connectivity index (χ1) is 18.0. The molecule has 0 spiro atoms. The Morgan fingerprint density at radius 1 is 1.08 bits per heavy atom. The molecule has 3 aromatic carbocycles. The van der Waals surface area contributed by atoms with Crippen LogP contribution in [0.1, 0.15) is 24.1 Å². The number of carbonyl (C=O) groups excluding carboxylic acids is 1. The number of amides is 1. The van der Waals surface area contributed by atoms with Crippen LogP contribution in [0.25, 0.3) is 6.08 Å². The average molecular weight is 530 g/mol. The van der Waals surface area contributed by atoms with Crippen molar-refractivity contribution in [3.8, 4) is 11.5 Å². The van der Waals surface area contributed by atoms with Crippen molar-refractivity contribution < 1.29 is 14.3 Å². The van der Waals surface area contributed by atoms with Crippen molar-refractivity contribution in [2.45, 2.75) is 13.0 Å². The Balaban J connectivity index is 1.49. The van der Waals surface area contributed by atoms with E-state index in [1.54, 1.807) is 29.7 Å². The Morgan fingerprint density at radius 3 is 2.62 bits per heavy atom. The molecule has 2 aliphatic heterocycles. The number of thiazole rings is 1. The van der Waals surface area contributed by atoms with Gasteiger partial charge in [0.05, 0.1) is 21.8 Å². The second-order valence-corrected chi connectivity index (χ2v) is 10.0. The fourth-order valence-corrected chi connectivity index (χ4v) is 5.62. The van der Waals surface area contributed by atoms with Gasteiger partial charge >= 0.3 is 0 Å². The molecular formula is C28H20ClN3O4S. The molecule has 1 amide bonds. The second kappa shape index (κ2) is 9.38. The van der Waals surface area contributed by atoms with Crippen LogP contribution < -0.4 is 29.7 Å². The molecule has 1 atom stereocenters. The molecule has 6 rings (SSSR count). The molecule has 1 unspecified atom stereocenters. The summed E-state index contributed by atoms with van der Waals surface area (Å²) in [6.07, 6.45) is 1.80. The van der Waals surface area contributed by atoms with Crippen molar-refractivity contribution in [1.29, 1.82) is 0 Å². The molecule has 2 aliphatic rings. The number of nitrogens with one attached hydrogen (secondary N) is 1. The highest BCUT2D eigenvalue weighted by atomic mass is 35.5. The van der Waals surface area contributed by atoms with Crippen molar-refractivity contribution in [3.05, 3.63) is 120 Å². The van der Waals surface area contributed by atoms with E-state index in [-0.39, 0.29) is 18.3 Å². The van der Waals surface area contributed by atoms with E-state index in [0.717, 1.165) is 11.1 Å². The number of hydrogen-bond acceptors (Lipinski definition) is 6. The molecule has 4 aromatic rings. The lowest BCUT2D eigenvalue weighted by Crippen LogP contribution is -2.40. The molecule has 9 heteroatoms. The number of ether oxygens (including phenoxy) is 2. The van der Waals surface area contributed by atoms with Gasteiger partial charge in [0.1, 0.15) is 0 Å². The Bertz CT molecular complexity index is 1740.